The Morgan fingerprint density at radius 2 is 2.08 bits per heavy atom. The van der Waals surface area contributed by atoms with E-state index in [9.17, 15) is 0 Å². The van der Waals surface area contributed by atoms with Gasteiger partial charge in [0, 0.05) is 9.13 Å². The number of rotatable bonds is 1. The average Bonchev–Trinajstić information content (AvgIpc) is 2.57. The Bertz CT molecular complexity index is 370. The molecule has 1 aromatic heterocycles. The van der Waals surface area contributed by atoms with E-state index < -0.39 is 0 Å². The summed E-state index contributed by atoms with van der Waals surface area (Å²) in [5.74, 6) is 0.819. The molecule has 2 rings (SSSR count). The number of benzene rings is 1. The number of H-pyrrole nitrogens is 1. The van der Waals surface area contributed by atoms with Gasteiger partial charge in [-0.2, -0.15) is 0 Å². The average molecular weight is 271 g/mol. The lowest BCUT2D eigenvalue weighted by molar-refractivity contribution is 1.09. The molecular formula is C8H6IN3. The molecule has 0 spiro atoms. The molecule has 0 saturated heterocycles. The predicted octanol–water partition coefficient (Wildman–Crippen LogP) is 2.08. The second kappa shape index (κ2) is 3.22. The van der Waals surface area contributed by atoms with Gasteiger partial charge >= 0.3 is 0 Å². The summed E-state index contributed by atoms with van der Waals surface area (Å²) in [6.07, 6.45) is 1.58. The topological polar surface area (TPSA) is 41.6 Å². The Morgan fingerprint density at radius 3 is 2.75 bits per heavy atom. The van der Waals surface area contributed by atoms with Crippen LogP contribution in [0.25, 0.3) is 11.4 Å². The molecule has 0 saturated carbocycles. The van der Waals surface area contributed by atoms with Crippen LogP contribution in [0.2, 0.25) is 0 Å². The van der Waals surface area contributed by atoms with Crippen molar-refractivity contribution in [2.75, 3.05) is 0 Å². The minimum Gasteiger partial charge on any atom is -0.328 e. The van der Waals surface area contributed by atoms with Crippen LogP contribution in [0.4, 0.5) is 0 Å². The van der Waals surface area contributed by atoms with Crippen molar-refractivity contribution in [2.45, 2.75) is 0 Å². The fourth-order valence-corrected chi connectivity index (χ4v) is 1.63. The molecule has 2 aromatic rings. The summed E-state index contributed by atoms with van der Waals surface area (Å²) in [6.45, 7) is 0. The molecule has 0 radical (unpaired) electrons. The summed E-state index contributed by atoms with van der Waals surface area (Å²) in [5, 5.41) is 7.67. The monoisotopic (exact) mass is 271 g/mol. The summed E-state index contributed by atoms with van der Waals surface area (Å²) in [7, 11) is 0. The molecule has 12 heavy (non-hydrogen) atoms. The van der Waals surface area contributed by atoms with E-state index >= 15 is 0 Å². The van der Waals surface area contributed by atoms with Gasteiger partial charge in [0.05, 0.1) is 0 Å². The van der Waals surface area contributed by atoms with Crippen LogP contribution in [0.1, 0.15) is 0 Å². The lowest BCUT2D eigenvalue weighted by Crippen LogP contribution is -1.83. The van der Waals surface area contributed by atoms with Gasteiger partial charge in [-0.3, -0.25) is 0 Å². The van der Waals surface area contributed by atoms with Crippen molar-refractivity contribution in [3.8, 4) is 11.4 Å². The van der Waals surface area contributed by atoms with Crippen LogP contribution < -0.4 is 0 Å². The largest absolute Gasteiger partial charge is 0.328 e. The zero-order chi connectivity index (χ0) is 8.39. The number of hydrogen-bond donors (Lipinski definition) is 1. The van der Waals surface area contributed by atoms with Gasteiger partial charge in [0.1, 0.15) is 6.33 Å². The molecule has 0 aliphatic heterocycles. The van der Waals surface area contributed by atoms with Crippen molar-refractivity contribution < 1.29 is 0 Å². The Morgan fingerprint density at radius 1 is 1.25 bits per heavy atom. The summed E-state index contributed by atoms with van der Waals surface area (Å²) in [4.78, 5) is 2.97. The highest BCUT2D eigenvalue weighted by Gasteiger charge is 2.02. The van der Waals surface area contributed by atoms with E-state index in [4.69, 9.17) is 0 Å². The van der Waals surface area contributed by atoms with Crippen LogP contribution in [0.5, 0.6) is 0 Å². The molecular weight excluding hydrogens is 265 g/mol. The summed E-state index contributed by atoms with van der Waals surface area (Å²) in [6, 6.07) is 8.04. The first kappa shape index (κ1) is 7.72. The molecule has 1 aromatic carbocycles. The van der Waals surface area contributed by atoms with E-state index in [1.807, 2.05) is 24.3 Å². The van der Waals surface area contributed by atoms with Gasteiger partial charge in [-0.25, -0.2) is 0 Å². The smallest absolute Gasteiger partial charge is 0.162 e. The fourth-order valence-electron chi connectivity index (χ4n) is 0.990. The number of hydrogen-bond acceptors (Lipinski definition) is 2. The van der Waals surface area contributed by atoms with Gasteiger partial charge < -0.3 is 4.98 Å². The Hall–Kier alpha value is -0.910. The molecule has 0 amide bonds. The molecule has 4 heteroatoms. The van der Waals surface area contributed by atoms with Crippen molar-refractivity contribution in [3.63, 3.8) is 0 Å². The zero-order valence-electron chi connectivity index (χ0n) is 6.16. The fraction of sp³-hybridized carbons (Fsp3) is 0. The molecule has 0 aliphatic carbocycles. The molecule has 1 heterocycles. The normalized spacial score (nSPS) is 10.1. The first-order chi connectivity index (χ1) is 5.88. The van der Waals surface area contributed by atoms with Crippen LogP contribution in [-0.2, 0) is 0 Å². The SMILES string of the molecule is Ic1ccccc1-c1nnc[nH]1. The third-order valence-electron chi connectivity index (χ3n) is 1.55. The second-order valence-corrected chi connectivity index (χ2v) is 3.48. The van der Waals surface area contributed by atoms with Crippen molar-refractivity contribution in [3.05, 3.63) is 34.2 Å². The standard InChI is InChI=1S/C8H6IN3/c9-7-4-2-1-3-6(7)8-10-5-11-12-8/h1-5H,(H,10,11,12). The lowest BCUT2D eigenvalue weighted by Gasteiger charge is -1.97. The van der Waals surface area contributed by atoms with E-state index in [-0.39, 0.29) is 0 Å². The highest BCUT2D eigenvalue weighted by Crippen LogP contribution is 2.20. The van der Waals surface area contributed by atoms with E-state index in [2.05, 4.69) is 37.8 Å². The minimum atomic E-state index is 0.819. The summed E-state index contributed by atoms with van der Waals surface area (Å²) >= 11 is 2.27. The van der Waals surface area contributed by atoms with E-state index in [0.29, 0.717) is 0 Å². The van der Waals surface area contributed by atoms with Gasteiger partial charge in [-0.05, 0) is 28.7 Å². The highest BCUT2D eigenvalue weighted by molar-refractivity contribution is 14.1. The first-order valence-electron chi connectivity index (χ1n) is 3.49. The van der Waals surface area contributed by atoms with E-state index in [1.165, 1.54) is 3.57 Å². The van der Waals surface area contributed by atoms with Crippen LogP contribution in [0.3, 0.4) is 0 Å². The number of aromatic amines is 1. The van der Waals surface area contributed by atoms with Crippen molar-refractivity contribution in [1.82, 2.24) is 15.2 Å². The number of nitrogens with zero attached hydrogens (tertiary/aromatic N) is 2. The van der Waals surface area contributed by atoms with Gasteiger partial charge in [-0.15, -0.1) is 10.2 Å². The molecule has 3 nitrogen and oxygen atoms in total. The Balaban J connectivity index is 2.55. The van der Waals surface area contributed by atoms with Crippen molar-refractivity contribution in [1.29, 1.82) is 0 Å². The highest BCUT2D eigenvalue weighted by atomic mass is 127. The summed E-state index contributed by atoms with van der Waals surface area (Å²) < 4.78 is 1.17. The van der Waals surface area contributed by atoms with E-state index in [1.54, 1.807) is 6.33 Å². The third kappa shape index (κ3) is 1.34. The van der Waals surface area contributed by atoms with Gasteiger partial charge in [0.2, 0.25) is 0 Å². The molecule has 0 aliphatic rings. The molecule has 0 atom stereocenters. The first-order valence-corrected chi connectivity index (χ1v) is 4.57. The van der Waals surface area contributed by atoms with Gasteiger partial charge in [0.15, 0.2) is 5.82 Å². The van der Waals surface area contributed by atoms with Crippen LogP contribution in [0, 0.1) is 3.57 Å². The van der Waals surface area contributed by atoms with Crippen LogP contribution in [-0.4, -0.2) is 15.2 Å². The maximum absolute atomic E-state index is 3.94. The zero-order valence-corrected chi connectivity index (χ0v) is 8.32. The lowest BCUT2D eigenvalue weighted by atomic mass is 10.2. The number of halogens is 1. The molecule has 60 valence electrons. The van der Waals surface area contributed by atoms with Crippen LogP contribution >= 0.6 is 22.6 Å². The third-order valence-corrected chi connectivity index (χ3v) is 2.49. The van der Waals surface area contributed by atoms with Gasteiger partial charge in [-0.1, -0.05) is 18.2 Å². The molecule has 1 N–H and O–H groups in total. The van der Waals surface area contributed by atoms with E-state index in [0.717, 1.165) is 11.4 Å². The second-order valence-electron chi connectivity index (χ2n) is 2.32. The number of nitrogens with one attached hydrogen (secondary N) is 1. The minimum absolute atomic E-state index is 0.819. The van der Waals surface area contributed by atoms with Crippen molar-refractivity contribution >= 4 is 22.6 Å². The molecule has 0 bridgehead atoms. The summed E-state index contributed by atoms with van der Waals surface area (Å²) in [5.41, 5.74) is 1.09. The van der Waals surface area contributed by atoms with Gasteiger partial charge in [0.25, 0.3) is 0 Å². The van der Waals surface area contributed by atoms with Crippen LogP contribution in [0.15, 0.2) is 30.6 Å². The molecule has 0 fully saturated rings. The quantitative estimate of drug-likeness (QED) is 0.807. The van der Waals surface area contributed by atoms with Crippen molar-refractivity contribution in [2.24, 2.45) is 0 Å². The maximum atomic E-state index is 3.94. The Labute approximate surface area is 83.4 Å². The Kier molecular flexibility index (Phi) is 2.07. The predicted molar refractivity (Wildman–Crippen MR) is 54.5 cm³/mol. The maximum Gasteiger partial charge on any atom is 0.162 e. The number of aromatic nitrogens is 3. The molecule has 0 unspecified atom stereocenters.